The van der Waals surface area contributed by atoms with Crippen LogP contribution in [0.15, 0.2) is 36.4 Å². The molecule has 0 aliphatic heterocycles. The number of hydrogen-bond donors (Lipinski definition) is 1. The first-order valence-corrected chi connectivity index (χ1v) is 14.6. The molecule has 7 nitrogen and oxygen atoms in total. The lowest BCUT2D eigenvalue weighted by Gasteiger charge is -2.32. The molecule has 0 heterocycles. The van der Waals surface area contributed by atoms with Crippen molar-refractivity contribution in [3.8, 4) is 0 Å². The third-order valence-corrected chi connectivity index (χ3v) is 8.56. The van der Waals surface area contributed by atoms with E-state index in [1.54, 1.807) is 6.92 Å². The van der Waals surface area contributed by atoms with E-state index in [0.717, 1.165) is 47.4 Å². The van der Waals surface area contributed by atoms with Gasteiger partial charge in [-0.1, -0.05) is 71.9 Å². The van der Waals surface area contributed by atoms with Gasteiger partial charge in [-0.15, -0.1) is 0 Å². The summed E-state index contributed by atoms with van der Waals surface area (Å²) in [4.78, 5) is 28.2. The molecule has 36 heavy (non-hydrogen) atoms. The van der Waals surface area contributed by atoms with Crippen molar-refractivity contribution in [2.45, 2.75) is 58.2 Å². The average Bonchev–Trinajstić information content (AvgIpc) is 3.31. The molecular weight excluding hydrogens is 545 g/mol. The SMILES string of the molecule is Cc1ccccc1CN(C(=O)CN(c1cc(Cl)c(Cl)cc1Cl)S(C)(=O)=O)[C@H](C)C(=O)NC1CCCC1. The first kappa shape index (κ1) is 28.6. The molecule has 0 saturated heterocycles. The zero-order valence-electron chi connectivity index (χ0n) is 20.4. The maximum Gasteiger partial charge on any atom is 0.244 e. The predicted molar refractivity (Wildman–Crippen MR) is 145 cm³/mol. The highest BCUT2D eigenvalue weighted by Gasteiger charge is 2.32. The van der Waals surface area contributed by atoms with Gasteiger partial charge in [-0.05, 0) is 49.9 Å². The second-order valence-corrected chi connectivity index (χ2v) is 12.2. The molecule has 1 aliphatic carbocycles. The highest BCUT2D eigenvalue weighted by Crippen LogP contribution is 2.35. The van der Waals surface area contributed by atoms with Crippen LogP contribution >= 0.6 is 34.8 Å². The van der Waals surface area contributed by atoms with Crippen LogP contribution < -0.4 is 9.62 Å². The Labute approximate surface area is 227 Å². The molecule has 2 aromatic carbocycles. The zero-order chi connectivity index (χ0) is 26.6. The molecule has 11 heteroatoms. The van der Waals surface area contributed by atoms with Gasteiger partial charge < -0.3 is 10.2 Å². The molecule has 1 fully saturated rings. The molecule has 0 bridgehead atoms. The van der Waals surface area contributed by atoms with Crippen LogP contribution in [0.1, 0.15) is 43.7 Å². The molecular formula is C25H30Cl3N3O4S. The van der Waals surface area contributed by atoms with Crippen molar-refractivity contribution in [3.05, 3.63) is 62.6 Å². The van der Waals surface area contributed by atoms with Gasteiger partial charge >= 0.3 is 0 Å². The number of benzene rings is 2. The molecule has 2 aromatic rings. The third kappa shape index (κ3) is 7.06. The molecule has 0 aromatic heterocycles. The largest absolute Gasteiger partial charge is 0.352 e. The number of aryl methyl sites for hydroxylation is 1. The van der Waals surface area contributed by atoms with E-state index in [9.17, 15) is 18.0 Å². The maximum atomic E-state index is 13.7. The van der Waals surface area contributed by atoms with E-state index in [1.165, 1.54) is 17.0 Å². The normalized spacial score (nSPS) is 14.9. The van der Waals surface area contributed by atoms with Crippen LogP contribution in [0.2, 0.25) is 15.1 Å². The van der Waals surface area contributed by atoms with Gasteiger partial charge in [-0.3, -0.25) is 13.9 Å². The van der Waals surface area contributed by atoms with Crippen LogP contribution in [-0.2, 0) is 26.2 Å². The van der Waals surface area contributed by atoms with Crippen molar-refractivity contribution >= 4 is 62.3 Å². The average molecular weight is 575 g/mol. The Hall–Kier alpha value is -2.00. The number of sulfonamides is 1. The Morgan fingerprint density at radius 2 is 1.67 bits per heavy atom. The Morgan fingerprint density at radius 1 is 1.06 bits per heavy atom. The summed E-state index contributed by atoms with van der Waals surface area (Å²) in [6.07, 6.45) is 4.89. The Balaban J connectivity index is 1.94. The van der Waals surface area contributed by atoms with Crippen molar-refractivity contribution in [3.63, 3.8) is 0 Å². The first-order chi connectivity index (χ1) is 16.9. The summed E-state index contributed by atoms with van der Waals surface area (Å²) in [5.74, 6) is -0.831. The quantitative estimate of drug-likeness (QED) is 0.417. The minimum Gasteiger partial charge on any atom is -0.352 e. The predicted octanol–water partition coefficient (Wildman–Crippen LogP) is 5.20. The highest BCUT2D eigenvalue weighted by atomic mass is 35.5. The molecule has 1 saturated carbocycles. The van der Waals surface area contributed by atoms with E-state index < -0.39 is 28.5 Å². The van der Waals surface area contributed by atoms with Crippen molar-refractivity contribution in [2.24, 2.45) is 0 Å². The molecule has 1 atom stereocenters. The lowest BCUT2D eigenvalue weighted by atomic mass is 10.1. The van der Waals surface area contributed by atoms with E-state index in [2.05, 4.69) is 5.32 Å². The molecule has 2 amide bonds. The molecule has 1 aliphatic rings. The topological polar surface area (TPSA) is 86.8 Å². The summed E-state index contributed by atoms with van der Waals surface area (Å²) in [7, 11) is -3.95. The lowest BCUT2D eigenvalue weighted by Crippen LogP contribution is -2.52. The summed E-state index contributed by atoms with van der Waals surface area (Å²) in [5, 5.41) is 3.31. The molecule has 1 N–H and O–H groups in total. The minimum atomic E-state index is -3.95. The number of nitrogens with one attached hydrogen (secondary N) is 1. The van der Waals surface area contributed by atoms with Gasteiger partial charge in [0.25, 0.3) is 0 Å². The summed E-state index contributed by atoms with van der Waals surface area (Å²) >= 11 is 18.4. The number of rotatable bonds is 9. The summed E-state index contributed by atoms with van der Waals surface area (Å²) in [5.41, 5.74) is 1.83. The van der Waals surface area contributed by atoms with Gasteiger partial charge in [0, 0.05) is 12.6 Å². The van der Waals surface area contributed by atoms with Gasteiger partial charge in [0.1, 0.15) is 12.6 Å². The van der Waals surface area contributed by atoms with Crippen LogP contribution in [0.4, 0.5) is 5.69 Å². The van der Waals surface area contributed by atoms with Gasteiger partial charge in [-0.25, -0.2) is 8.42 Å². The van der Waals surface area contributed by atoms with E-state index in [0.29, 0.717) is 0 Å². The second kappa shape index (κ2) is 12.0. The zero-order valence-corrected chi connectivity index (χ0v) is 23.5. The van der Waals surface area contributed by atoms with Crippen LogP contribution in [0.25, 0.3) is 0 Å². The number of amides is 2. The summed E-state index contributed by atoms with van der Waals surface area (Å²) in [6.45, 7) is 3.14. The van der Waals surface area contributed by atoms with E-state index in [1.807, 2.05) is 31.2 Å². The standard InChI is InChI=1S/C25H30Cl3N3O4S/c1-16-8-4-5-9-18(16)14-30(17(2)25(33)29-19-10-6-7-11-19)24(32)15-31(36(3,34)35)23-13-21(27)20(26)12-22(23)28/h4-5,8-9,12-13,17,19H,6-7,10-11,14-15H2,1-3H3,(H,29,33)/t17-/m1/s1. The number of hydrogen-bond acceptors (Lipinski definition) is 4. The lowest BCUT2D eigenvalue weighted by molar-refractivity contribution is -0.139. The Bertz CT molecular complexity index is 1230. The molecule has 3 rings (SSSR count). The number of anilines is 1. The Kier molecular flexibility index (Phi) is 9.55. The monoisotopic (exact) mass is 573 g/mol. The van der Waals surface area contributed by atoms with Crippen molar-refractivity contribution in [1.82, 2.24) is 10.2 Å². The number of carbonyl (C=O) groups is 2. The van der Waals surface area contributed by atoms with Gasteiger partial charge in [0.15, 0.2) is 0 Å². The fourth-order valence-corrected chi connectivity index (χ4v) is 5.79. The summed E-state index contributed by atoms with van der Waals surface area (Å²) < 4.78 is 26.3. The fourth-order valence-electron chi connectivity index (χ4n) is 4.24. The Morgan fingerprint density at radius 3 is 2.28 bits per heavy atom. The van der Waals surface area contributed by atoms with Crippen LogP contribution in [-0.4, -0.2) is 50.0 Å². The number of nitrogens with zero attached hydrogens (tertiary/aromatic N) is 2. The molecule has 0 unspecified atom stereocenters. The van der Waals surface area contributed by atoms with E-state index >= 15 is 0 Å². The third-order valence-electron chi connectivity index (χ3n) is 6.41. The van der Waals surface area contributed by atoms with Gasteiger partial charge in [-0.2, -0.15) is 0 Å². The van der Waals surface area contributed by atoms with Crippen molar-refractivity contribution in [2.75, 3.05) is 17.1 Å². The van der Waals surface area contributed by atoms with Crippen LogP contribution in [0.3, 0.4) is 0 Å². The van der Waals surface area contributed by atoms with Gasteiger partial charge in [0.2, 0.25) is 21.8 Å². The van der Waals surface area contributed by atoms with E-state index in [-0.39, 0.29) is 39.2 Å². The van der Waals surface area contributed by atoms with Crippen molar-refractivity contribution in [1.29, 1.82) is 0 Å². The first-order valence-electron chi connectivity index (χ1n) is 11.6. The number of halogens is 3. The summed E-state index contributed by atoms with van der Waals surface area (Å²) in [6, 6.07) is 9.42. The second-order valence-electron chi connectivity index (χ2n) is 9.10. The van der Waals surface area contributed by atoms with Crippen LogP contribution in [0, 0.1) is 6.92 Å². The fraction of sp³-hybridized carbons (Fsp3) is 0.440. The molecule has 0 radical (unpaired) electrons. The molecule has 0 spiro atoms. The highest BCUT2D eigenvalue weighted by molar-refractivity contribution is 7.92. The number of carbonyl (C=O) groups excluding carboxylic acids is 2. The van der Waals surface area contributed by atoms with Gasteiger partial charge in [0.05, 0.1) is 27.0 Å². The van der Waals surface area contributed by atoms with Crippen LogP contribution in [0.5, 0.6) is 0 Å². The van der Waals surface area contributed by atoms with Crippen molar-refractivity contribution < 1.29 is 18.0 Å². The smallest absolute Gasteiger partial charge is 0.244 e. The minimum absolute atomic E-state index is 0.0279. The molecule has 196 valence electrons. The maximum absolute atomic E-state index is 13.7. The van der Waals surface area contributed by atoms with E-state index in [4.69, 9.17) is 34.8 Å².